The molecule has 2 aromatic rings. The van der Waals surface area contributed by atoms with E-state index in [9.17, 15) is 13.2 Å². The summed E-state index contributed by atoms with van der Waals surface area (Å²) in [5.74, 6) is -0.439. The SMILES string of the molecule is O=C1c2ccccc2S(=O)(=O)N1CCCn1ccnc1. The molecule has 0 saturated carbocycles. The summed E-state index contributed by atoms with van der Waals surface area (Å²) in [5, 5.41) is 0. The molecule has 7 heteroatoms. The molecule has 0 aliphatic carbocycles. The highest BCUT2D eigenvalue weighted by molar-refractivity contribution is 7.90. The van der Waals surface area contributed by atoms with Crippen LogP contribution < -0.4 is 0 Å². The van der Waals surface area contributed by atoms with E-state index < -0.39 is 15.9 Å². The molecule has 104 valence electrons. The van der Waals surface area contributed by atoms with Crippen LogP contribution in [0.15, 0.2) is 47.9 Å². The van der Waals surface area contributed by atoms with Gasteiger partial charge in [0.25, 0.3) is 15.9 Å². The van der Waals surface area contributed by atoms with Gasteiger partial charge in [-0.25, -0.2) is 17.7 Å². The van der Waals surface area contributed by atoms with Crippen LogP contribution in [0.25, 0.3) is 0 Å². The lowest BCUT2D eigenvalue weighted by Gasteiger charge is -2.14. The van der Waals surface area contributed by atoms with Crippen LogP contribution in [-0.4, -0.2) is 34.7 Å². The topological polar surface area (TPSA) is 72.3 Å². The van der Waals surface area contributed by atoms with E-state index >= 15 is 0 Å². The first-order valence-electron chi connectivity index (χ1n) is 6.22. The van der Waals surface area contributed by atoms with Crippen LogP contribution in [0.5, 0.6) is 0 Å². The van der Waals surface area contributed by atoms with Crippen LogP contribution in [0.2, 0.25) is 0 Å². The van der Waals surface area contributed by atoms with Gasteiger partial charge in [-0.1, -0.05) is 12.1 Å². The first kappa shape index (κ1) is 12.9. The number of amides is 1. The van der Waals surface area contributed by atoms with Crippen molar-refractivity contribution < 1.29 is 13.2 Å². The second-order valence-corrected chi connectivity index (χ2v) is 6.36. The van der Waals surface area contributed by atoms with Gasteiger partial charge in [0.05, 0.1) is 11.9 Å². The van der Waals surface area contributed by atoms with Crippen LogP contribution >= 0.6 is 0 Å². The summed E-state index contributed by atoms with van der Waals surface area (Å²) in [6.07, 6.45) is 5.67. The van der Waals surface area contributed by atoms with E-state index in [2.05, 4.69) is 4.98 Å². The minimum absolute atomic E-state index is 0.104. The molecule has 6 nitrogen and oxygen atoms in total. The zero-order valence-electron chi connectivity index (χ0n) is 10.6. The van der Waals surface area contributed by atoms with E-state index in [-0.39, 0.29) is 17.0 Å². The number of carbonyl (C=O) groups excluding carboxylic acids is 1. The number of hydrogen-bond acceptors (Lipinski definition) is 4. The maximum Gasteiger partial charge on any atom is 0.269 e. The lowest BCUT2D eigenvalue weighted by molar-refractivity contribution is 0.0869. The molecular formula is C13H13N3O3S. The molecule has 0 spiro atoms. The van der Waals surface area contributed by atoms with Gasteiger partial charge in [0.1, 0.15) is 4.90 Å². The van der Waals surface area contributed by atoms with Gasteiger partial charge in [-0.05, 0) is 18.6 Å². The summed E-state index contributed by atoms with van der Waals surface area (Å²) < 4.78 is 27.3. The molecule has 0 saturated heterocycles. The number of aryl methyl sites for hydroxylation is 1. The molecule has 1 aliphatic heterocycles. The molecule has 0 atom stereocenters. The maximum atomic E-state index is 12.3. The Kier molecular flexibility index (Phi) is 3.06. The highest BCUT2D eigenvalue weighted by Crippen LogP contribution is 2.29. The van der Waals surface area contributed by atoms with E-state index in [1.807, 2.05) is 4.57 Å². The quantitative estimate of drug-likeness (QED) is 0.846. The van der Waals surface area contributed by atoms with Crippen molar-refractivity contribution in [2.75, 3.05) is 6.54 Å². The van der Waals surface area contributed by atoms with Crippen LogP contribution in [0, 0.1) is 0 Å². The number of nitrogens with zero attached hydrogens (tertiary/aromatic N) is 3. The molecule has 0 unspecified atom stereocenters. The Hall–Kier alpha value is -2.15. The molecule has 2 heterocycles. The van der Waals surface area contributed by atoms with Crippen molar-refractivity contribution in [3.05, 3.63) is 48.5 Å². The zero-order valence-corrected chi connectivity index (χ0v) is 11.5. The molecule has 20 heavy (non-hydrogen) atoms. The molecule has 1 aromatic heterocycles. The van der Waals surface area contributed by atoms with E-state index in [0.717, 1.165) is 4.31 Å². The third kappa shape index (κ3) is 2.00. The number of fused-ring (bicyclic) bond motifs is 1. The standard InChI is InChI=1S/C13H13N3O3S/c17-13-11-4-1-2-5-12(11)20(18,19)16(13)8-3-7-15-9-6-14-10-15/h1-2,4-6,9-10H,3,7-8H2. The fraction of sp³-hybridized carbons (Fsp3) is 0.231. The molecule has 0 fully saturated rings. The van der Waals surface area contributed by atoms with Gasteiger partial charge in [0, 0.05) is 25.5 Å². The Morgan fingerprint density at radius 2 is 1.95 bits per heavy atom. The highest BCUT2D eigenvalue weighted by atomic mass is 32.2. The largest absolute Gasteiger partial charge is 0.337 e. The van der Waals surface area contributed by atoms with Crippen molar-refractivity contribution >= 4 is 15.9 Å². The van der Waals surface area contributed by atoms with Gasteiger partial charge >= 0.3 is 0 Å². The van der Waals surface area contributed by atoms with Gasteiger partial charge in [0.15, 0.2) is 0 Å². The normalized spacial score (nSPS) is 16.4. The van der Waals surface area contributed by atoms with Gasteiger partial charge in [-0.15, -0.1) is 0 Å². The third-order valence-corrected chi connectivity index (χ3v) is 5.09. The van der Waals surface area contributed by atoms with Gasteiger partial charge in [0.2, 0.25) is 0 Å². The molecule has 3 rings (SSSR count). The van der Waals surface area contributed by atoms with E-state index in [1.165, 1.54) is 6.07 Å². The average Bonchev–Trinajstić information content (AvgIpc) is 3.01. The first-order valence-corrected chi connectivity index (χ1v) is 7.66. The van der Waals surface area contributed by atoms with E-state index in [4.69, 9.17) is 0 Å². The Labute approximate surface area is 116 Å². The van der Waals surface area contributed by atoms with Crippen LogP contribution in [-0.2, 0) is 16.6 Å². The van der Waals surface area contributed by atoms with Gasteiger partial charge in [-0.2, -0.15) is 0 Å². The number of imidazole rings is 1. The summed E-state index contributed by atoms with van der Waals surface area (Å²) in [4.78, 5) is 16.1. The Morgan fingerprint density at radius 3 is 2.65 bits per heavy atom. The summed E-state index contributed by atoms with van der Waals surface area (Å²) in [6.45, 7) is 0.795. The minimum atomic E-state index is -3.68. The summed E-state index contributed by atoms with van der Waals surface area (Å²) in [5.41, 5.74) is 0.259. The monoisotopic (exact) mass is 291 g/mol. The van der Waals surface area contributed by atoms with Crippen molar-refractivity contribution in [3.63, 3.8) is 0 Å². The Bertz CT molecular complexity index is 738. The highest BCUT2D eigenvalue weighted by Gasteiger charge is 2.40. The number of rotatable bonds is 4. The maximum absolute atomic E-state index is 12.3. The molecule has 0 bridgehead atoms. The first-order chi connectivity index (χ1) is 9.60. The second kappa shape index (κ2) is 4.75. The molecule has 1 amide bonds. The second-order valence-electron chi connectivity index (χ2n) is 4.53. The van der Waals surface area contributed by atoms with Crippen molar-refractivity contribution in [2.45, 2.75) is 17.9 Å². The number of carbonyl (C=O) groups is 1. The Balaban J connectivity index is 1.77. The Morgan fingerprint density at radius 1 is 1.15 bits per heavy atom. The predicted molar refractivity (Wildman–Crippen MR) is 71.5 cm³/mol. The number of hydrogen-bond donors (Lipinski definition) is 0. The smallest absolute Gasteiger partial charge is 0.269 e. The van der Waals surface area contributed by atoms with Crippen molar-refractivity contribution in [2.24, 2.45) is 0 Å². The average molecular weight is 291 g/mol. The fourth-order valence-electron chi connectivity index (χ4n) is 2.27. The lowest BCUT2D eigenvalue weighted by atomic mass is 10.2. The third-order valence-electron chi connectivity index (χ3n) is 3.25. The summed E-state index contributed by atoms with van der Waals surface area (Å²) in [7, 11) is -3.68. The van der Waals surface area contributed by atoms with Crippen LogP contribution in [0.3, 0.4) is 0 Å². The van der Waals surface area contributed by atoms with Crippen molar-refractivity contribution in [1.82, 2.24) is 13.9 Å². The van der Waals surface area contributed by atoms with E-state index in [0.29, 0.717) is 13.0 Å². The summed E-state index contributed by atoms with van der Waals surface area (Å²) in [6, 6.07) is 6.31. The van der Waals surface area contributed by atoms with Crippen molar-refractivity contribution in [1.29, 1.82) is 0 Å². The molecule has 1 aliphatic rings. The van der Waals surface area contributed by atoms with Gasteiger partial charge in [-0.3, -0.25) is 4.79 Å². The van der Waals surface area contributed by atoms with E-state index in [1.54, 1.807) is 36.9 Å². The van der Waals surface area contributed by atoms with Crippen LogP contribution in [0.4, 0.5) is 0 Å². The van der Waals surface area contributed by atoms with Gasteiger partial charge < -0.3 is 4.57 Å². The molecule has 0 radical (unpaired) electrons. The van der Waals surface area contributed by atoms with Crippen LogP contribution in [0.1, 0.15) is 16.8 Å². The molecule has 0 N–H and O–H groups in total. The summed E-state index contributed by atoms with van der Waals surface area (Å²) >= 11 is 0. The zero-order chi connectivity index (χ0) is 14.2. The molecular weight excluding hydrogens is 278 g/mol. The predicted octanol–water partition coefficient (Wildman–Crippen LogP) is 1.12. The lowest BCUT2D eigenvalue weighted by Crippen LogP contribution is -2.31. The minimum Gasteiger partial charge on any atom is -0.337 e. The number of benzene rings is 1. The molecule has 1 aromatic carbocycles. The van der Waals surface area contributed by atoms with Crippen molar-refractivity contribution in [3.8, 4) is 0 Å². The fourth-order valence-corrected chi connectivity index (χ4v) is 3.88. The number of aromatic nitrogens is 2. The number of sulfonamides is 1.